The third-order valence-electron chi connectivity index (χ3n) is 4.95. The van der Waals surface area contributed by atoms with Crippen molar-refractivity contribution in [1.29, 1.82) is 0 Å². The normalized spacial score (nSPS) is 15.9. The molecule has 0 saturated carbocycles. The summed E-state index contributed by atoms with van der Waals surface area (Å²) in [6.07, 6.45) is 3.89. The first-order valence-corrected chi connectivity index (χ1v) is 9.01. The number of hydrogen-bond acceptors (Lipinski definition) is 4. The number of rotatable bonds is 5. The van der Waals surface area contributed by atoms with Gasteiger partial charge in [-0.25, -0.2) is 0 Å². The molecule has 1 aliphatic rings. The van der Waals surface area contributed by atoms with Crippen LogP contribution in [-0.4, -0.2) is 32.7 Å². The van der Waals surface area contributed by atoms with Gasteiger partial charge >= 0.3 is 0 Å². The van der Waals surface area contributed by atoms with Crippen molar-refractivity contribution >= 4 is 17.5 Å². The summed E-state index contributed by atoms with van der Waals surface area (Å²) in [6.45, 7) is 0.414. The third-order valence-corrected chi connectivity index (χ3v) is 5.27. The van der Waals surface area contributed by atoms with Gasteiger partial charge in [0.25, 0.3) is 5.91 Å². The Morgan fingerprint density at radius 3 is 2.67 bits per heavy atom. The second-order valence-corrected chi connectivity index (χ2v) is 6.90. The molecular formula is C20H19ClN4O2. The summed E-state index contributed by atoms with van der Waals surface area (Å²) in [5.74, 6) is 0.694. The van der Waals surface area contributed by atoms with E-state index < -0.39 is 0 Å². The van der Waals surface area contributed by atoms with E-state index in [9.17, 15) is 4.79 Å². The van der Waals surface area contributed by atoms with E-state index in [1.54, 1.807) is 24.2 Å². The molecular weight excluding hydrogens is 364 g/mol. The lowest BCUT2D eigenvalue weighted by Crippen LogP contribution is -2.29. The molecule has 0 radical (unpaired) electrons. The highest BCUT2D eigenvalue weighted by Gasteiger charge is 2.37. The van der Waals surface area contributed by atoms with Gasteiger partial charge in [0.05, 0.1) is 48.5 Å². The topological polar surface area (TPSA) is 60.2 Å². The number of aromatic nitrogens is 3. The van der Waals surface area contributed by atoms with Gasteiger partial charge in [-0.3, -0.25) is 14.5 Å². The molecule has 0 aliphatic carbocycles. The highest BCUT2D eigenvalue weighted by atomic mass is 35.5. The van der Waals surface area contributed by atoms with Crippen LogP contribution < -0.4 is 4.74 Å². The van der Waals surface area contributed by atoms with Crippen molar-refractivity contribution in [2.45, 2.75) is 19.0 Å². The average molecular weight is 383 g/mol. The Morgan fingerprint density at radius 1 is 1.19 bits per heavy atom. The fourth-order valence-electron chi connectivity index (χ4n) is 3.50. The Morgan fingerprint density at radius 2 is 2.00 bits per heavy atom. The molecule has 0 N–H and O–H groups in total. The Balaban J connectivity index is 1.68. The number of benzene rings is 1. The van der Waals surface area contributed by atoms with E-state index in [-0.39, 0.29) is 11.9 Å². The van der Waals surface area contributed by atoms with E-state index in [1.807, 2.05) is 48.3 Å². The van der Waals surface area contributed by atoms with Crippen LogP contribution in [0.25, 0.3) is 0 Å². The number of carbonyl (C=O) groups is 1. The molecule has 1 atom stereocenters. The van der Waals surface area contributed by atoms with Crippen LogP contribution in [0.5, 0.6) is 5.75 Å². The number of amides is 1. The number of fused-ring (bicyclic) bond motifs is 1. The maximum atomic E-state index is 13.1. The van der Waals surface area contributed by atoms with E-state index in [0.717, 1.165) is 22.5 Å². The Bertz CT molecular complexity index is 964. The number of halogens is 1. The van der Waals surface area contributed by atoms with Crippen LogP contribution >= 0.6 is 11.6 Å². The van der Waals surface area contributed by atoms with Crippen molar-refractivity contribution in [2.75, 3.05) is 7.11 Å². The first-order valence-electron chi connectivity index (χ1n) is 8.63. The highest BCUT2D eigenvalue weighted by molar-refractivity contribution is 6.31. The summed E-state index contributed by atoms with van der Waals surface area (Å²) in [5, 5.41) is 4.82. The summed E-state index contributed by atoms with van der Waals surface area (Å²) in [6, 6.07) is 11.3. The van der Waals surface area contributed by atoms with E-state index in [1.165, 1.54) is 0 Å². The summed E-state index contributed by atoms with van der Waals surface area (Å²) in [7, 11) is 3.46. The molecule has 0 fully saturated rings. The Hall–Kier alpha value is -2.86. The maximum absolute atomic E-state index is 13.1. The van der Waals surface area contributed by atoms with E-state index >= 15 is 0 Å². The van der Waals surface area contributed by atoms with Crippen LogP contribution in [0.4, 0.5) is 0 Å². The molecule has 1 aromatic carbocycles. The molecule has 27 heavy (non-hydrogen) atoms. The molecule has 0 bridgehead atoms. The zero-order valence-corrected chi connectivity index (χ0v) is 15.8. The summed E-state index contributed by atoms with van der Waals surface area (Å²) in [5.41, 5.74) is 3.44. The molecule has 3 heterocycles. The van der Waals surface area contributed by atoms with Crippen LogP contribution in [0.2, 0.25) is 5.02 Å². The molecule has 138 valence electrons. The number of nitrogens with zero attached hydrogens (tertiary/aromatic N) is 4. The van der Waals surface area contributed by atoms with Crippen molar-refractivity contribution < 1.29 is 9.53 Å². The van der Waals surface area contributed by atoms with Crippen molar-refractivity contribution in [3.8, 4) is 5.75 Å². The molecule has 3 aromatic rings. The van der Waals surface area contributed by atoms with Crippen LogP contribution in [0, 0.1) is 0 Å². The van der Waals surface area contributed by atoms with Gasteiger partial charge in [-0.2, -0.15) is 5.10 Å². The van der Waals surface area contributed by atoms with Crippen LogP contribution in [0.1, 0.15) is 33.4 Å². The molecule has 2 aromatic heterocycles. The van der Waals surface area contributed by atoms with Gasteiger partial charge in [0.15, 0.2) is 0 Å². The second-order valence-electron chi connectivity index (χ2n) is 6.49. The quantitative estimate of drug-likeness (QED) is 0.678. The second kappa shape index (κ2) is 7.04. The predicted octanol–water partition coefficient (Wildman–Crippen LogP) is 3.42. The number of hydrogen-bond donors (Lipinski definition) is 0. The van der Waals surface area contributed by atoms with Crippen molar-refractivity contribution in [1.82, 2.24) is 19.7 Å². The number of pyridine rings is 1. The molecule has 0 saturated heterocycles. The largest absolute Gasteiger partial charge is 0.495 e. The molecule has 1 amide bonds. The van der Waals surface area contributed by atoms with Gasteiger partial charge < -0.3 is 9.64 Å². The minimum Gasteiger partial charge on any atom is -0.495 e. The molecule has 1 aliphatic heterocycles. The summed E-state index contributed by atoms with van der Waals surface area (Å²) >= 11 is 6.32. The van der Waals surface area contributed by atoms with Gasteiger partial charge in [-0.15, -0.1) is 0 Å². The summed E-state index contributed by atoms with van der Waals surface area (Å²) in [4.78, 5) is 19.3. The van der Waals surface area contributed by atoms with Gasteiger partial charge in [0.2, 0.25) is 0 Å². The van der Waals surface area contributed by atoms with E-state index in [4.69, 9.17) is 16.3 Å². The average Bonchev–Trinajstić information content (AvgIpc) is 3.15. The number of carbonyl (C=O) groups excluding carboxylic acids is 1. The standard InChI is InChI=1S/C20H19ClN4O2/c1-24-19(17(21)11-23-24)9-18-15-5-3-4-6-16(15)20(26)25(18)12-13-7-8-14(27-2)10-22-13/h3-8,10-11,18H,9,12H2,1-2H3. The molecule has 4 rings (SSSR count). The van der Waals surface area contributed by atoms with Crippen molar-refractivity contribution in [2.24, 2.45) is 7.05 Å². The Kier molecular flexibility index (Phi) is 4.58. The maximum Gasteiger partial charge on any atom is 0.255 e. The van der Waals surface area contributed by atoms with Gasteiger partial charge in [-0.05, 0) is 23.8 Å². The fourth-order valence-corrected chi connectivity index (χ4v) is 3.74. The number of aryl methyl sites for hydroxylation is 1. The first kappa shape index (κ1) is 17.5. The van der Waals surface area contributed by atoms with E-state index in [2.05, 4.69) is 10.1 Å². The minimum absolute atomic E-state index is 0.00603. The van der Waals surface area contributed by atoms with Crippen molar-refractivity contribution in [3.63, 3.8) is 0 Å². The van der Waals surface area contributed by atoms with Crippen LogP contribution in [0.15, 0.2) is 48.8 Å². The monoisotopic (exact) mass is 382 g/mol. The van der Waals surface area contributed by atoms with E-state index in [0.29, 0.717) is 23.7 Å². The zero-order chi connectivity index (χ0) is 19.0. The fraction of sp³-hybridized carbons (Fsp3) is 0.250. The first-order chi connectivity index (χ1) is 13.1. The van der Waals surface area contributed by atoms with Gasteiger partial charge in [0, 0.05) is 19.0 Å². The highest BCUT2D eigenvalue weighted by Crippen LogP contribution is 2.37. The smallest absolute Gasteiger partial charge is 0.255 e. The minimum atomic E-state index is -0.120. The van der Waals surface area contributed by atoms with Crippen molar-refractivity contribution in [3.05, 3.63) is 76.3 Å². The Labute approximate surface area is 162 Å². The SMILES string of the molecule is COc1ccc(CN2C(=O)c3ccccc3C2Cc2c(Cl)cnn2C)nc1. The zero-order valence-electron chi connectivity index (χ0n) is 15.1. The number of ether oxygens (including phenoxy) is 1. The molecule has 6 nitrogen and oxygen atoms in total. The lowest BCUT2D eigenvalue weighted by atomic mass is 10.0. The predicted molar refractivity (Wildman–Crippen MR) is 102 cm³/mol. The van der Waals surface area contributed by atoms with Gasteiger partial charge in [0.1, 0.15) is 5.75 Å². The molecule has 1 unspecified atom stereocenters. The van der Waals surface area contributed by atoms with Gasteiger partial charge in [-0.1, -0.05) is 29.8 Å². The lowest BCUT2D eigenvalue weighted by Gasteiger charge is -2.25. The van der Waals surface area contributed by atoms with Crippen LogP contribution in [-0.2, 0) is 20.0 Å². The molecule has 7 heteroatoms. The summed E-state index contributed by atoms with van der Waals surface area (Å²) < 4.78 is 6.92. The third kappa shape index (κ3) is 3.17. The number of methoxy groups -OCH3 is 1. The van der Waals surface area contributed by atoms with Crippen LogP contribution in [0.3, 0.4) is 0 Å². The lowest BCUT2D eigenvalue weighted by molar-refractivity contribution is 0.0705. The molecule has 0 spiro atoms.